The Morgan fingerprint density at radius 1 is 1.06 bits per heavy atom. The number of anilines is 1. The lowest BCUT2D eigenvalue weighted by molar-refractivity contribution is -0.153. The number of rotatable bonds is 5. The van der Waals surface area contributed by atoms with Gasteiger partial charge in [0.1, 0.15) is 11.8 Å². The molecule has 1 saturated heterocycles. The topological polar surface area (TPSA) is 75.7 Å². The number of nitrogens with one attached hydrogen (secondary N) is 1. The van der Waals surface area contributed by atoms with E-state index in [1.807, 2.05) is 49.4 Å². The van der Waals surface area contributed by atoms with Crippen molar-refractivity contribution in [3.05, 3.63) is 65.7 Å². The lowest BCUT2D eigenvalue weighted by Crippen LogP contribution is -2.48. The highest BCUT2D eigenvalue weighted by Crippen LogP contribution is 2.40. The molecule has 2 aromatic carbocycles. The second kappa shape index (κ2) is 8.99. The average molecular weight is 473 g/mol. The van der Waals surface area contributed by atoms with Crippen LogP contribution in [0, 0.1) is 11.8 Å². The Bertz CT molecular complexity index is 1180. The summed E-state index contributed by atoms with van der Waals surface area (Å²) in [7, 11) is 0. The van der Waals surface area contributed by atoms with Crippen LogP contribution < -0.4 is 10.1 Å². The molecule has 2 heterocycles. The SMILES string of the molecule is CC1=CC(C)(C)Nc2ccc(OC(=O)[C@@H](Cc3ccccc3)N3C(=O)[C@H]4CCCC[C@@H]4C3=O)cc21. The molecule has 6 nitrogen and oxygen atoms in total. The number of hydrogen-bond acceptors (Lipinski definition) is 5. The molecular weight excluding hydrogens is 440 g/mol. The predicted molar refractivity (Wildman–Crippen MR) is 135 cm³/mol. The zero-order chi connectivity index (χ0) is 24.7. The molecule has 35 heavy (non-hydrogen) atoms. The summed E-state index contributed by atoms with van der Waals surface area (Å²) < 4.78 is 5.84. The van der Waals surface area contributed by atoms with Crippen molar-refractivity contribution in [2.75, 3.05) is 5.32 Å². The van der Waals surface area contributed by atoms with Crippen LogP contribution in [0.4, 0.5) is 5.69 Å². The predicted octanol–water partition coefficient (Wildman–Crippen LogP) is 4.99. The Balaban J connectivity index is 1.44. The van der Waals surface area contributed by atoms with Crippen molar-refractivity contribution in [2.45, 2.75) is 64.5 Å². The van der Waals surface area contributed by atoms with E-state index in [1.165, 1.54) is 4.90 Å². The van der Waals surface area contributed by atoms with E-state index in [0.717, 1.165) is 35.2 Å². The lowest BCUT2D eigenvalue weighted by Gasteiger charge is -2.31. The number of esters is 1. The van der Waals surface area contributed by atoms with Crippen LogP contribution in [-0.4, -0.2) is 34.3 Å². The zero-order valence-corrected chi connectivity index (χ0v) is 20.5. The third-order valence-electron chi connectivity index (χ3n) is 7.40. The molecule has 0 unspecified atom stereocenters. The van der Waals surface area contributed by atoms with Crippen LogP contribution in [-0.2, 0) is 20.8 Å². The minimum Gasteiger partial charge on any atom is -0.425 e. The summed E-state index contributed by atoms with van der Waals surface area (Å²) in [5.74, 6) is -1.26. The number of ether oxygens (including phenoxy) is 1. The van der Waals surface area contributed by atoms with Gasteiger partial charge in [0.2, 0.25) is 11.8 Å². The van der Waals surface area contributed by atoms with Crippen LogP contribution in [0.1, 0.15) is 57.6 Å². The minimum absolute atomic E-state index is 0.163. The molecule has 0 aromatic heterocycles. The van der Waals surface area contributed by atoms with Crippen LogP contribution in [0.5, 0.6) is 5.75 Å². The summed E-state index contributed by atoms with van der Waals surface area (Å²) in [6.45, 7) is 6.24. The van der Waals surface area contributed by atoms with Crippen molar-refractivity contribution in [3.8, 4) is 5.75 Å². The molecule has 0 spiro atoms. The average Bonchev–Trinajstić information content (AvgIpc) is 3.08. The molecule has 5 rings (SSSR count). The highest BCUT2D eigenvalue weighted by molar-refractivity contribution is 6.08. The van der Waals surface area contributed by atoms with Gasteiger partial charge in [0.15, 0.2) is 0 Å². The van der Waals surface area contributed by atoms with E-state index in [0.29, 0.717) is 18.6 Å². The third kappa shape index (κ3) is 4.49. The van der Waals surface area contributed by atoms with Gasteiger partial charge < -0.3 is 10.1 Å². The number of allylic oxidation sites excluding steroid dienone is 1. The molecular formula is C29H32N2O4. The van der Waals surface area contributed by atoms with Gasteiger partial charge in [-0.2, -0.15) is 0 Å². The van der Waals surface area contributed by atoms with Crippen molar-refractivity contribution in [2.24, 2.45) is 11.8 Å². The monoisotopic (exact) mass is 472 g/mol. The third-order valence-corrected chi connectivity index (χ3v) is 7.40. The van der Waals surface area contributed by atoms with Crippen molar-refractivity contribution in [1.82, 2.24) is 4.90 Å². The number of hydrogen-bond donors (Lipinski definition) is 1. The number of imide groups is 1. The van der Waals surface area contributed by atoms with Gasteiger partial charge in [-0.1, -0.05) is 49.2 Å². The fourth-order valence-electron chi connectivity index (χ4n) is 5.82. The second-order valence-corrected chi connectivity index (χ2v) is 10.6. The van der Waals surface area contributed by atoms with Crippen LogP contribution >= 0.6 is 0 Å². The van der Waals surface area contributed by atoms with Crippen LogP contribution in [0.25, 0.3) is 5.57 Å². The van der Waals surface area contributed by atoms with E-state index < -0.39 is 12.0 Å². The highest BCUT2D eigenvalue weighted by atomic mass is 16.5. The van der Waals surface area contributed by atoms with Crippen molar-refractivity contribution < 1.29 is 19.1 Å². The van der Waals surface area contributed by atoms with Crippen molar-refractivity contribution in [3.63, 3.8) is 0 Å². The minimum atomic E-state index is -0.993. The number of fused-ring (bicyclic) bond motifs is 2. The number of likely N-dealkylation sites (tertiary alicyclic amines) is 1. The number of nitrogens with zero attached hydrogens (tertiary/aromatic N) is 1. The number of benzene rings is 2. The molecule has 0 radical (unpaired) electrons. The summed E-state index contributed by atoms with van der Waals surface area (Å²) in [6, 6.07) is 14.0. The first-order valence-electron chi connectivity index (χ1n) is 12.5. The lowest BCUT2D eigenvalue weighted by atomic mass is 9.81. The van der Waals surface area contributed by atoms with Crippen LogP contribution in [0.2, 0.25) is 0 Å². The first kappa shape index (κ1) is 23.3. The highest BCUT2D eigenvalue weighted by Gasteiger charge is 2.52. The van der Waals surface area contributed by atoms with E-state index in [4.69, 9.17) is 4.74 Å². The maximum Gasteiger partial charge on any atom is 0.335 e. The fourth-order valence-corrected chi connectivity index (χ4v) is 5.82. The Kier molecular flexibility index (Phi) is 5.99. The molecule has 3 atom stereocenters. The maximum atomic E-state index is 13.6. The fraction of sp³-hybridized carbons (Fsp3) is 0.414. The van der Waals surface area contributed by atoms with Crippen LogP contribution in [0.3, 0.4) is 0 Å². The molecule has 2 aliphatic heterocycles. The van der Waals surface area contributed by atoms with E-state index in [-0.39, 0.29) is 35.6 Å². The number of carbonyl (C=O) groups is 3. The summed E-state index contributed by atoms with van der Waals surface area (Å²) in [5, 5.41) is 3.47. The van der Waals surface area contributed by atoms with Crippen molar-refractivity contribution >= 4 is 29.0 Å². The van der Waals surface area contributed by atoms with E-state index in [9.17, 15) is 14.4 Å². The largest absolute Gasteiger partial charge is 0.425 e. The Hall–Kier alpha value is -3.41. The summed E-state index contributed by atoms with van der Waals surface area (Å²) in [4.78, 5) is 41.4. The van der Waals surface area contributed by atoms with Gasteiger partial charge in [0, 0.05) is 17.7 Å². The van der Waals surface area contributed by atoms with Crippen molar-refractivity contribution in [1.29, 1.82) is 0 Å². The first-order chi connectivity index (χ1) is 16.7. The van der Waals surface area contributed by atoms with E-state index >= 15 is 0 Å². The molecule has 1 aliphatic carbocycles. The first-order valence-corrected chi connectivity index (χ1v) is 12.5. The molecule has 0 bridgehead atoms. The summed E-state index contributed by atoms with van der Waals surface area (Å²) in [6.07, 6.45) is 5.67. The molecule has 2 aromatic rings. The number of carbonyl (C=O) groups excluding carboxylic acids is 3. The smallest absolute Gasteiger partial charge is 0.335 e. The van der Waals surface area contributed by atoms with Gasteiger partial charge in [-0.25, -0.2) is 4.79 Å². The Labute approximate surface area is 206 Å². The molecule has 1 N–H and O–H groups in total. The van der Waals surface area contributed by atoms with Gasteiger partial charge >= 0.3 is 5.97 Å². The van der Waals surface area contributed by atoms with Gasteiger partial charge in [0.05, 0.1) is 17.4 Å². The summed E-state index contributed by atoms with van der Waals surface area (Å²) >= 11 is 0. The molecule has 1 saturated carbocycles. The van der Waals surface area contributed by atoms with Crippen LogP contribution in [0.15, 0.2) is 54.6 Å². The Morgan fingerprint density at radius 3 is 2.37 bits per heavy atom. The Morgan fingerprint density at radius 2 is 1.71 bits per heavy atom. The zero-order valence-electron chi connectivity index (χ0n) is 20.5. The normalized spacial score (nSPS) is 23.6. The quantitative estimate of drug-likeness (QED) is 0.377. The van der Waals surface area contributed by atoms with Gasteiger partial charge in [-0.15, -0.1) is 0 Å². The molecule has 6 heteroatoms. The molecule has 2 fully saturated rings. The molecule has 2 amide bonds. The van der Waals surface area contributed by atoms with E-state index in [2.05, 4.69) is 25.2 Å². The summed E-state index contributed by atoms with van der Waals surface area (Å²) in [5.41, 5.74) is 3.75. The van der Waals surface area contributed by atoms with Gasteiger partial charge in [-0.05, 0) is 62.9 Å². The van der Waals surface area contributed by atoms with Gasteiger partial charge in [0.25, 0.3) is 0 Å². The van der Waals surface area contributed by atoms with E-state index in [1.54, 1.807) is 6.07 Å². The second-order valence-electron chi connectivity index (χ2n) is 10.6. The standard InChI is InChI=1S/C29H32N2O4/c1-18-17-29(2,3)30-24-14-13-20(16-23(18)24)35-28(34)25(15-19-9-5-4-6-10-19)31-26(32)21-11-7-8-12-22(21)27(31)33/h4-6,9-10,13-14,16-17,21-22,25,30H,7-8,11-12,15H2,1-3H3/t21-,22-,25+/m0/s1. The molecule has 3 aliphatic rings. The molecule has 182 valence electrons. The number of amides is 2. The maximum absolute atomic E-state index is 13.6. The van der Waals surface area contributed by atoms with Gasteiger partial charge in [-0.3, -0.25) is 14.5 Å².